The highest BCUT2D eigenvalue weighted by Crippen LogP contribution is 2.14. The molecule has 0 saturated heterocycles. The molecule has 0 fully saturated rings. The summed E-state index contributed by atoms with van der Waals surface area (Å²) in [6, 6.07) is 6.60. The first kappa shape index (κ1) is 18.0. The van der Waals surface area contributed by atoms with Gasteiger partial charge < -0.3 is 16.0 Å². The van der Waals surface area contributed by atoms with Crippen LogP contribution < -0.4 is 16.0 Å². The van der Waals surface area contributed by atoms with Crippen molar-refractivity contribution in [3.63, 3.8) is 0 Å². The molecule has 22 heavy (non-hydrogen) atoms. The molecule has 6 nitrogen and oxygen atoms in total. The van der Waals surface area contributed by atoms with Gasteiger partial charge in [-0.05, 0) is 12.1 Å². The van der Waals surface area contributed by atoms with Gasteiger partial charge in [0, 0.05) is 19.0 Å². The van der Waals surface area contributed by atoms with E-state index in [1.54, 1.807) is 38.1 Å². The van der Waals surface area contributed by atoms with E-state index in [-0.39, 0.29) is 24.3 Å². The molecule has 3 amide bonds. The molecule has 1 rings (SSSR count). The molecule has 0 aliphatic rings. The van der Waals surface area contributed by atoms with E-state index >= 15 is 0 Å². The minimum atomic E-state index is -0.408. The predicted molar refractivity (Wildman–Crippen MR) is 84.6 cm³/mol. The van der Waals surface area contributed by atoms with E-state index in [9.17, 15) is 14.4 Å². The molecule has 0 aromatic heterocycles. The van der Waals surface area contributed by atoms with Crippen LogP contribution in [0, 0.1) is 5.92 Å². The fraction of sp³-hybridized carbons (Fsp3) is 0.400. The monoisotopic (exact) mass is 325 g/mol. The van der Waals surface area contributed by atoms with Gasteiger partial charge in [-0.25, -0.2) is 0 Å². The molecule has 1 aromatic carbocycles. The second kappa shape index (κ2) is 9.04. The minimum Gasteiger partial charge on any atom is -0.354 e. The molecular formula is C15H20ClN3O3. The van der Waals surface area contributed by atoms with Crippen LogP contribution in [-0.4, -0.2) is 37.4 Å². The Balaban J connectivity index is 2.25. The third-order valence-electron chi connectivity index (χ3n) is 2.80. The van der Waals surface area contributed by atoms with Crippen LogP contribution in [-0.2, 0) is 9.59 Å². The van der Waals surface area contributed by atoms with Crippen molar-refractivity contribution < 1.29 is 14.4 Å². The van der Waals surface area contributed by atoms with Gasteiger partial charge >= 0.3 is 0 Å². The molecule has 7 heteroatoms. The number of carbonyl (C=O) groups is 3. The zero-order chi connectivity index (χ0) is 16.5. The number of carbonyl (C=O) groups excluding carboxylic acids is 3. The van der Waals surface area contributed by atoms with Gasteiger partial charge in [0.25, 0.3) is 5.91 Å². The summed E-state index contributed by atoms with van der Waals surface area (Å²) in [5.41, 5.74) is 0.321. The van der Waals surface area contributed by atoms with Gasteiger partial charge in [-0.3, -0.25) is 14.4 Å². The molecule has 1 aromatic rings. The highest BCUT2D eigenvalue weighted by molar-refractivity contribution is 6.33. The Labute approximate surface area is 134 Å². The fourth-order valence-electron chi connectivity index (χ4n) is 1.56. The van der Waals surface area contributed by atoms with E-state index in [0.717, 1.165) is 0 Å². The molecule has 0 atom stereocenters. The van der Waals surface area contributed by atoms with Crippen LogP contribution >= 0.6 is 11.6 Å². The van der Waals surface area contributed by atoms with Crippen LogP contribution in [0.25, 0.3) is 0 Å². The van der Waals surface area contributed by atoms with E-state index in [1.807, 2.05) is 0 Å². The number of nitrogens with one attached hydrogen (secondary N) is 3. The molecule has 3 N–H and O–H groups in total. The second-order valence-corrected chi connectivity index (χ2v) is 5.37. The predicted octanol–water partition coefficient (Wildman–Crippen LogP) is 0.958. The molecule has 0 spiro atoms. The minimum absolute atomic E-state index is 0.0683. The number of hydrogen-bond donors (Lipinski definition) is 3. The van der Waals surface area contributed by atoms with E-state index in [1.165, 1.54) is 0 Å². The molecule has 0 unspecified atom stereocenters. The standard InChI is InChI=1S/C15H20ClN3O3/c1-10(2)14(21)18-8-7-17-13(20)9-19-15(22)11-5-3-4-6-12(11)16/h3-6,10H,7-9H2,1-2H3,(H,17,20)(H,18,21)(H,19,22). The van der Waals surface area contributed by atoms with Gasteiger partial charge in [0.15, 0.2) is 0 Å². The SMILES string of the molecule is CC(C)C(=O)NCCNC(=O)CNC(=O)c1ccccc1Cl. The first-order valence-electron chi connectivity index (χ1n) is 6.99. The van der Waals surface area contributed by atoms with Crippen molar-refractivity contribution in [1.82, 2.24) is 16.0 Å². The van der Waals surface area contributed by atoms with E-state index in [0.29, 0.717) is 23.7 Å². The average molecular weight is 326 g/mol. The van der Waals surface area contributed by atoms with E-state index < -0.39 is 5.91 Å². The fourth-order valence-corrected chi connectivity index (χ4v) is 1.78. The van der Waals surface area contributed by atoms with Crippen LogP contribution in [0.3, 0.4) is 0 Å². The summed E-state index contributed by atoms with van der Waals surface area (Å²) in [4.78, 5) is 34.7. The molecular weight excluding hydrogens is 306 g/mol. The number of halogens is 1. The summed E-state index contributed by atoms with van der Waals surface area (Å²) in [5, 5.41) is 8.09. The van der Waals surface area contributed by atoms with Crippen molar-refractivity contribution in [2.75, 3.05) is 19.6 Å². The summed E-state index contributed by atoms with van der Waals surface area (Å²) in [6.07, 6.45) is 0. The van der Waals surface area contributed by atoms with Crippen molar-refractivity contribution >= 4 is 29.3 Å². The molecule has 0 aliphatic carbocycles. The van der Waals surface area contributed by atoms with Crippen molar-refractivity contribution in [2.24, 2.45) is 5.92 Å². The summed E-state index contributed by atoms with van der Waals surface area (Å²) >= 11 is 5.89. The maximum Gasteiger partial charge on any atom is 0.253 e. The lowest BCUT2D eigenvalue weighted by Gasteiger charge is -2.09. The van der Waals surface area contributed by atoms with E-state index in [4.69, 9.17) is 11.6 Å². The molecule has 0 saturated carbocycles. The van der Waals surface area contributed by atoms with E-state index in [2.05, 4.69) is 16.0 Å². The largest absolute Gasteiger partial charge is 0.354 e. The zero-order valence-electron chi connectivity index (χ0n) is 12.6. The van der Waals surface area contributed by atoms with Gasteiger partial charge in [-0.15, -0.1) is 0 Å². The zero-order valence-corrected chi connectivity index (χ0v) is 13.4. The first-order valence-corrected chi connectivity index (χ1v) is 7.36. The van der Waals surface area contributed by atoms with Gasteiger partial charge in [0.1, 0.15) is 0 Å². The first-order chi connectivity index (χ1) is 10.4. The maximum atomic E-state index is 11.8. The Morgan fingerprint density at radius 2 is 1.68 bits per heavy atom. The molecule has 0 radical (unpaired) electrons. The Hall–Kier alpha value is -2.08. The number of benzene rings is 1. The lowest BCUT2D eigenvalue weighted by Crippen LogP contribution is -2.41. The summed E-state index contributed by atoms with van der Waals surface area (Å²) in [5.74, 6) is -0.903. The topological polar surface area (TPSA) is 87.3 Å². The summed E-state index contributed by atoms with van der Waals surface area (Å²) in [7, 11) is 0. The molecule has 120 valence electrons. The van der Waals surface area contributed by atoms with Crippen LogP contribution in [0.1, 0.15) is 24.2 Å². The maximum absolute atomic E-state index is 11.8. The lowest BCUT2D eigenvalue weighted by molar-refractivity contribution is -0.124. The summed E-state index contributed by atoms with van der Waals surface area (Å²) in [6.45, 7) is 4.08. The van der Waals surface area contributed by atoms with Crippen LogP contribution in [0.4, 0.5) is 0 Å². The summed E-state index contributed by atoms with van der Waals surface area (Å²) < 4.78 is 0. The Kier molecular flexibility index (Phi) is 7.39. The van der Waals surface area contributed by atoms with Crippen molar-refractivity contribution in [1.29, 1.82) is 0 Å². The van der Waals surface area contributed by atoms with Crippen LogP contribution in [0.2, 0.25) is 5.02 Å². The highest BCUT2D eigenvalue weighted by Gasteiger charge is 2.11. The van der Waals surface area contributed by atoms with Gasteiger partial charge in [0.05, 0.1) is 17.1 Å². The molecule has 0 aliphatic heterocycles. The van der Waals surface area contributed by atoms with Gasteiger partial charge in [-0.2, -0.15) is 0 Å². The quantitative estimate of drug-likeness (QED) is 0.652. The Morgan fingerprint density at radius 3 is 2.32 bits per heavy atom. The molecule has 0 heterocycles. The van der Waals surface area contributed by atoms with Crippen LogP contribution in [0.15, 0.2) is 24.3 Å². The number of hydrogen-bond acceptors (Lipinski definition) is 3. The highest BCUT2D eigenvalue weighted by atomic mass is 35.5. The van der Waals surface area contributed by atoms with Crippen molar-refractivity contribution in [2.45, 2.75) is 13.8 Å². The smallest absolute Gasteiger partial charge is 0.253 e. The normalized spacial score (nSPS) is 10.2. The average Bonchev–Trinajstić information content (AvgIpc) is 2.49. The van der Waals surface area contributed by atoms with Gasteiger partial charge in [0.2, 0.25) is 11.8 Å². The Bertz CT molecular complexity index is 547. The number of amides is 3. The van der Waals surface area contributed by atoms with Crippen molar-refractivity contribution in [3.05, 3.63) is 34.9 Å². The third kappa shape index (κ3) is 6.13. The number of rotatable bonds is 7. The lowest BCUT2D eigenvalue weighted by atomic mass is 10.2. The van der Waals surface area contributed by atoms with Gasteiger partial charge in [-0.1, -0.05) is 37.6 Å². The Morgan fingerprint density at radius 1 is 1.05 bits per heavy atom. The molecule has 0 bridgehead atoms. The van der Waals surface area contributed by atoms with Crippen LogP contribution in [0.5, 0.6) is 0 Å². The van der Waals surface area contributed by atoms with Crippen molar-refractivity contribution in [3.8, 4) is 0 Å². The third-order valence-corrected chi connectivity index (χ3v) is 3.13. The second-order valence-electron chi connectivity index (χ2n) is 4.96.